The Morgan fingerprint density at radius 1 is 1.19 bits per heavy atom. The highest BCUT2D eigenvalue weighted by molar-refractivity contribution is 5.48. The number of aromatic nitrogens is 3. The standard InChI is InChI=1S/C12H14N4/c13-7-4-5-10-14-15-12(16(10)6-7)11-8-2-1-3-9(8)11/h4-6,8-9,11H,1-3,13H2. The van der Waals surface area contributed by atoms with E-state index in [0.29, 0.717) is 5.92 Å². The average molecular weight is 214 g/mol. The van der Waals surface area contributed by atoms with E-state index in [0.717, 1.165) is 29.0 Å². The molecule has 2 heterocycles. The first-order valence-electron chi connectivity index (χ1n) is 5.95. The maximum absolute atomic E-state index is 5.81. The Bertz CT molecular complexity index is 549. The molecule has 4 heteroatoms. The van der Waals surface area contributed by atoms with Crippen molar-refractivity contribution in [2.75, 3.05) is 5.73 Å². The first-order valence-corrected chi connectivity index (χ1v) is 5.95. The van der Waals surface area contributed by atoms with Gasteiger partial charge in [0.15, 0.2) is 5.65 Å². The molecular weight excluding hydrogens is 200 g/mol. The van der Waals surface area contributed by atoms with Gasteiger partial charge in [0.2, 0.25) is 0 Å². The monoisotopic (exact) mass is 214 g/mol. The summed E-state index contributed by atoms with van der Waals surface area (Å²) in [7, 11) is 0. The van der Waals surface area contributed by atoms with Crippen LogP contribution in [0.1, 0.15) is 31.0 Å². The van der Waals surface area contributed by atoms with Gasteiger partial charge >= 0.3 is 0 Å². The molecule has 82 valence electrons. The summed E-state index contributed by atoms with van der Waals surface area (Å²) in [5, 5.41) is 8.54. The fourth-order valence-corrected chi connectivity index (χ4v) is 3.36. The Morgan fingerprint density at radius 3 is 2.81 bits per heavy atom. The first kappa shape index (κ1) is 8.56. The van der Waals surface area contributed by atoms with E-state index in [1.54, 1.807) is 0 Å². The van der Waals surface area contributed by atoms with Gasteiger partial charge in [0.1, 0.15) is 5.82 Å². The molecule has 0 aliphatic heterocycles. The van der Waals surface area contributed by atoms with Crippen molar-refractivity contribution in [2.45, 2.75) is 25.2 Å². The summed E-state index contributed by atoms with van der Waals surface area (Å²) in [4.78, 5) is 0. The number of pyridine rings is 1. The highest BCUT2D eigenvalue weighted by Gasteiger charge is 2.55. The second-order valence-corrected chi connectivity index (χ2v) is 5.03. The van der Waals surface area contributed by atoms with Crippen LogP contribution in [-0.2, 0) is 0 Å². The lowest BCUT2D eigenvalue weighted by Crippen LogP contribution is -1.98. The van der Waals surface area contributed by atoms with Gasteiger partial charge in [-0.1, -0.05) is 6.42 Å². The molecule has 0 radical (unpaired) electrons. The summed E-state index contributed by atoms with van der Waals surface area (Å²) in [5.74, 6) is 3.50. The molecule has 0 amide bonds. The minimum Gasteiger partial charge on any atom is -0.398 e. The fourth-order valence-electron chi connectivity index (χ4n) is 3.36. The number of hydrogen-bond donors (Lipinski definition) is 1. The molecule has 2 N–H and O–H groups in total. The van der Waals surface area contributed by atoms with E-state index in [-0.39, 0.29) is 0 Å². The third-order valence-electron chi connectivity index (χ3n) is 4.16. The summed E-state index contributed by atoms with van der Waals surface area (Å²) >= 11 is 0. The SMILES string of the molecule is Nc1ccc2nnc(C3C4CCCC43)n2c1. The van der Waals surface area contributed by atoms with E-state index in [4.69, 9.17) is 5.73 Å². The summed E-state index contributed by atoms with van der Waals surface area (Å²) in [6, 6.07) is 3.81. The lowest BCUT2D eigenvalue weighted by atomic mass is 10.1. The van der Waals surface area contributed by atoms with E-state index in [1.165, 1.54) is 19.3 Å². The van der Waals surface area contributed by atoms with Gasteiger partial charge in [-0.05, 0) is 36.8 Å². The average Bonchev–Trinajstić information content (AvgIpc) is 2.71. The number of nitrogens with two attached hydrogens (primary N) is 1. The van der Waals surface area contributed by atoms with Crippen molar-refractivity contribution in [3.05, 3.63) is 24.2 Å². The zero-order valence-corrected chi connectivity index (χ0v) is 9.00. The van der Waals surface area contributed by atoms with Gasteiger partial charge in [-0.2, -0.15) is 0 Å². The van der Waals surface area contributed by atoms with Gasteiger partial charge in [-0.25, -0.2) is 0 Å². The molecule has 16 heavy (non-hydrogen) atoms. The van der Waals surface area contributed by atoms with E-state index < -0.39 is 0 Å². The molecule has 2 fully saturated rings. The Hall–Kier alpha value is -1.58. The molecule has 4 nitrogen and oxygen atoms in total. The quantitative estimate of drug-likeness (QED) is 0.787. The summed E-state index contributed by atoms with van der Waals surface area (Å²) in [6.45, 7) is 0. The molecule has 2 unspecified atom stereocenters. The molecule has 2 aliphatic rings. The molecular formula is C12H14N4. The predicted molar refractivity (Wildman–Crippen MR) is 61.0 cm³/mol. The van der Waals surface area contributed by atoms with Crippen LogP contribution in [0.25, 0.3) is 5.65 Å². The van der Waals surface area contributed by atoms with Gasteiger partial charge in [0.05, 0.1) is 0 Å². The highest BCUT2D eigenvalue weighted by Crippen LogP contribution is 2.62. The van der Waals surface area contributed by atoms with Crippen LogP contribution in [0.5, 0.6) is 0 Å². The van der Waals surface area contributed by atoms with Crippen molar-refractivity contribution in [1.82, 2.24) is 14.6 Å². The zero-order chi connectivity index (χ0) is 10.7. The molecule has 2 aromatic rings. The van der Waals surface area contributed by atoms with Crippen molar-refractivity contribution >= 4 is 11.3 Å². The Labute approximate surface area is 93.5 Å². The van der Waals surface area contributed by atoms with Gasteiger partial charge in [0, 0.05) is 17.8 Å². The summed E-state index contributed by atoms with van der Waals surface area (Å²) in [5.41, 5.74) is 7.50. The van der Waals surface area contributed by atoms with Crippen LogP contribution >= 0.6 is 0 Å². The highest BCUT2D eigenvalue weighted by atomic mass is 15.3. The summed E-state index contributed by atoms with van der Waals surface area (Å²) < 4.78 is 2.07. The predicted octanol–water partition coefficient (Wildman–Crippen LogP) is 1.83. The Kier molecular flexibility index (Phi) is 1.47. The van der Waals surface area contributed by atoms with Crippen molar-refractivity contribution < 1.29 is 0 Å². The van der Waals surface area contributed by atoms with Crippen LogP contribution in [-0.4, -0.2) is 14.6 Å². The molecule has 2 aromatic heterocycles. The van der Waals surface area contributed by atoms with Crippen molar-refractivity contribution in [3.8, 4) is 0 Å². The molecule has 4 rings (SSSR count). The van der Waals surface area contributed by atoms with Crippen LogP contribution in [0.15, 0.2) is 18.3 Å². The molecule has 2 aliphatic carbocycles. The second kappa shape index (κ2) is 2.75. The second-order valence-electron chi connectivity index (χ2n) is 5.03. The van der Waals surface area contributed by atoms with E-state index >= 15 is 0 Å². The number of nitrogen functional groups attached to an aromatic ring is 1. The number of fused-ring (bicyclic) bond motifs is 2. The van der Waals surface area contributed by atoms with Crippen molar-refractivity contribution in [1.29, 1.82) is 0 Å². The van der Waals surface area contributed by atoms with Crippen LogP contribution in [0.4, 0.5) is 5.69 Å². The van der Waals surface area contributed by atoms with Crippen LogP contribution < -0.4 is 5.73 Å². The van der Waals surface area contributed by atoms with Crippen LogP contribution in [0.2, 0.25) is 0 Å². The minimum atomic E-state index is 0.644. The molecule has 0 bridgehead atoms. The third kappa shape index (κ3) is 0.991. The maximum Gasteiger partial charge on any atom is 0.160 e. The lowest BCUT2D eigenvalue weighted by Gasteiger charge is -2.02. The minimum absolute atomic E-state index is 0.644. The van der Waals surface area contributed by atoms with E-state index in [9.17, 15) is 0 Å². The third-order valence-corrected chi connectivity index (χ3v) is 4.16. The Balaban J connectivity index is 1.83. The van der Waals surface area contributed by atoms with Gasteiger partial charge in [-0.15, -0.1) is 10.2 Å². The number of rotatable bonds is 1. The molecule has 2 atom stereocenters. The molecule has 2 saturated carbocycles. The van der Waals surface area contributed by atoms with Gasteiger partial charge in [-0.3, -0.25) is 4.40 Å². The zero-order valence-electron chi connectivity index (χ0n) is 9.00. The normalized spacial score (nSPS) is 31.9. The summed E-state index contributed by atoms with van der Waals surface area (Å²) in [6.07, 6.45) is 6.07. The largest absolute Gasteiger partial charge is 0.398 e. The van der Waals surface area contributed by atoms with Crippen molar-refractivity contribution in [2.24, 2.45) is 11.8 Å². The molecule has 0 saturated heterocycles. The smallest absolute Gasteiger partial charge is 0.160 e. The lowest BCUT2D eigenvalue weighted by molar-refractivity contribution is 0.653. The number of hydrogen-bond acceptors (Lipinski definition) is 3. The van der Waals surface area contributed by atoms with Crippen LogP contribution in [0, 0.1) is 11.8 Å². The van der Waals surface area contributed by atoms with E-state index in [1.807, 2.05) is 18.3 Å². The molecule has 0 aromatic carbocycles. The van der Waals surface area contributed by atoms with Gasteiger partial charge in [0.25, 0.3) is 0 Å². The molecule has 0 spiro atoms. The van der Waals surface area contributed by atoms with E-state index in [2.05, 4.69) is 14.6 Å². The number of nitrogens with zero attached hydrogens (tertiary/aromatic N) is 3. The number of anilines is 1. The topological polar surface area (TPSA) is 56.2 Å². The maximum atomic E-state index is 5.81. The van der Waals surface area contributed by atoms with Crippen LogP contribution in [0.3, 0.4) is 0 Å². The van der Waals surface area contributed by atoms with Crippen molar-refractivity contribution in [3.63, 3.8) is 0 Å². The fraction of sp³-hybridized carbons (Fsp3) is 0.500. The Morgan fingerprint density at radius 2 is 2.00 bits per heavy atom. The van der Waals surface area contributed by atoms with Gasteiger partial charge < -0.3 is 5.73 Å². The first-order chi connectivity index (χ1) is 7.84.